The van der Waals surface area contributed by atoms with Gasteiger partial charge in [-0.1, -0.05) is 104 Å². The van der Waals surface area contributed by atoms with Crippen molar-refractivity contribution in [1.82, 2.24) is 9.55 Å². The number of carbonyl (C=O) groups is 1. The van der Waals surface area contributed by atoms with E-state index >= 15 is 0 Å². The number of alkyl halides is 3. The third kappa shape index (κ3) is 5.94. The van der Waals surface area contributed by atoms with Gasteiger partial charge in [0.25, 0.3) is 0 Å². The topological polar surface area (TPSA) is 79.5 Å². The number of nitrogens with zero attached hydrogens (tertiary/aromatic N) is 3. The monoisotopic (exact) mass is 624 g/mol. The molecule has 6 rings (SSSR count). The molecule has 0 aliphatic carbocycles. The number of para-hydroxylation sites is 1. The molecule has 226 valence electrons. The lowest BCUT2D eigenvalue weighted by atomic mass is 9.96. The largest absolute Gasteiger partial charge is 0.418 e. The summed E-state index contributed by atoms with van der Waals surface area (Å²) in [5, 5.41) is 14.3. The Labute approximate surface area is 262 Å². The highest BCUT2D eigenvalue weighted by molar-refractivity contribution is 7.71. The summed E-state index contributed by atoms with van der Waals surface area (Å²) >= 11 is 6.01. The van der Waals surface area contributed by atoms with E-state index in [1.807, 2.05) is 60.7 Å². The molecule has 1 aromatic heterocycles. The van der Waals surface area contributed by atoms with E-state index in [4.69, 9.17) is 17.2 Å². The van der Waals surface area contributed by atoms with Gasteiger partial charge in [0.2, 0.25) is 12.1 Å². The summed E-state index contributed by atoms with van der Waals surface area (Å²) in [7, 11) is 0. The average Bonchev–Trinajstić information content (AvgIpc) is 3.16. The maximum Gasteiger partial charge on any atom is 0.418 e. The Bertz CT molecular complexity index is 1970. The first-order valence-electron chi connectivity index (χ1n) is 14.3. The van der Waals surface area contributed by atoms with Gasteiger partial charge < -0.3 is 10.4 Å². The molecule has 1 unspecified atom stereocenters. The molecule has 0 spiro atoms. The minimum atomic E-state index is -4.76. The second kappa shape index (κ2) is 12.2. The van der Waals surface area contributed by atoms with E-state index in [0.717, 1.165) is 11.6 Å². The number of hydrogen-bond acceptors (Lipinski definition) is 5. The number of hydrogen-bond donors (Lipinski definition) is 2. The highest BCUT2D eigenvalue weighted by Crippen LogP contribution is 2.41. The fraction of sp³-hybridized carbons (Fsp3) is 0.143. The Hall–Kier alpha value is -4.93. The third-order valence-corrected chi connectivity index (χ3v) is 7.91. The van der Waals surface area contributed by atoms with Crippen molar-refractivity contribution in [2.45, 2.75) is 32.2 Å². The van der Waals surface area contributed by atoms with Gasteiger partial charge in [0, 0.05) is 35.2 Å². The Morgan fingerprint density at radius 1 is 0.911 bits per heavy atom. The smallest absolute Gasteiger partial charge is 0.365 e. The molecule has 0 saturated heterocycles. The zero-order chi connectivity index (χ0) is 31.7. The zero-order valence-corrected chi connectivity index (χ0v) is 24.9. The normalized spacial score (nSPS) is 14.2. The molecule has 0 saturated carbocycles. The predicted octanol–water partition coefficient (Wildman–Crippen LogP) is 8.07. The summed E-state index contributed by atoms with van der Waals surface area (Å²) in [4.78, 5) is 21.2. The van der Waals surface area contributed by atoms with Crippen LogP contribution in [0.2, 0.25) is 0 Å². The summed E-state index contributed by atoms with van der Waals surface area (Å²) in [5.74, 6) is -0.299. The molecule has 1 atom stereocenters. The lowest BCUT2D eigenvalue weighted by molar-refractivity contribution is -0.137. The number of aromatic nitrogens is 2. The third-order valence-electron chi connectivity index (χ3n) is 7.53. The SMILES string of the molecule is CCC(=O)Nc1ccc(C2=NC(O)c3nc(Cc4ccccc4)c(-c4ccccc4)c(=S)n3-c3c2cccc3C(F)(F)F)cc1. The number of rotatable bonds is 6. The number of amides is 1. The van der Waals surface area contributed by atoms with Crippen LogP contribution in [0, 0.1) is 4.64 Å². The van der Waals surface area contributed by atoms with Crippen LogP contribution in [-0.2, 0) is 17.4 Å². The maximum absolute atomic E-state index is 14.7. The summed E-state index contributed by atoms with van der Waals surface area (Å²) in [6.07, 6.45) is -5.79. The molecular weight excluding hydrogens is 597 g/mol. The molecule has 10 heteroatoms. The van der Waals surface area contributed by atoms with Gasteiger partial charge in [0.1, 0.15) is 4.64 Å². The van der Waals surface area contributed by atoms with Crippen molar-refractivity contribution < 1.29 is 23.1 Å². The fourth-order valence-electron chi connectivity index (χ4n) is 5.43. The zero-order valence-electron chi connectivity index (χ0n) is 24.0. The lowest BCUT2D eigenvalue weighted by Gasteiger charge is -2.23. The lowest BCUT2D eigenvalue weighted by Crippen LogP contribution is -2.19. The molecule has 5 aromatic rings. The first-order valence-corrected chi connectivity index (χ1v) is 14.7. The van der Waals surface area contributed by atoms with Crippen LogP contribution in [0.25, 0.3) is 16.8 Å². The minimum absolute atomic E-state index is 0.0724. The Morgan fingerprint density at radius 2 is 1.58 bits per heavy atom. The average molecular weight is 625 g/mol. The van der Waals surface area contributed by atoms with Gasteiger partial charge in [-0.05, 0) is 29.3 Å². The Kier molecular flexibility index (Phi) is 8.18. The number of aliphatic hydroxyl groups is 1. The molecule has 1 aliphatic heterocycles. The summed E-state index contributed by atoms with van der Waals surface area (Å²) in [5.41, 5.74) is 2.61. The molecule has 0 bridgehead atoms. The number of benzene rings is 4. The van der Waals surface area contributed by atoms with Gasteiger partial charge in [-0.2, -0.15) is 13.2 Å². The van der Waals surface area contributed by atoms with Crippen molar-refractivity contribution in [3.63, 3.8) is 0 Å². The van der Waals surface area contributed by atoms with Crippen molar-refractivity contribution in [2.24, 2.45) is 4.99 Å². The van der Waals surface area contributed by atoms with Crippen LogP contribution in [0.1, 0.15) is 53.3 Å². The highest BCUT2D eigenvalue weighted by Gasteiger charge is 2.38. The van der Waals surface area contributed by atoms with Crippen LogP contribution >= 0.6 is 12.2 Å². The summed E-state index contributed by atoms with van der Waals surface area (Å²) in [6, 6.07) is 29.0. The Morgan fingerprint density at radius 3 is 2.22 bits per heavy atom. The first kappa shape index (κ1) is 30.1. The molecule has 2 N–H and O–H groups in total. The number of nitrogens with one attached hydrogen (secondary N) is 1. The van der Waals surface area contributed by atoms with Crippen LogP contribution in [0.3, 0.4) is 0 Å². The summed E-state index contributed by atoms with van der Waals surface area (Å²) in [6.45, 7) is 1.73. The van der Waals surface area contributed by atoms with Crippen LogP contribution in [0.5, 0.6) is 0 Å². The van der Waals surface area contributed by atoms with Gasteiger partial charge in [0.05, 0.1) is 22.7 Å². The van der Waals surface area contributed by atoms with E-state index in [0.29, 0.717) is 34.5 Å². The number of fused-ring (bicyclic) bond motifs is 3. The van der Waals surface area contributed by atoms with Crippen LogP contribution in [-0.4, -0.2) is 26.3 Å². The second-order valence-corrected chi connectivity index (χ2v) is 10.9. The number of halogens is 3. The minimum Gasteiger partial charge on any atom is -0.365 e. The molecular formula is C35H27F3N4O2S. The standard InChI is InChI=1S/C35H27F3N4O2S/c1-2-28(43)39-24-18-16-23(17-19-24)30-25-14-9-15-26(35(36,37)38)31(25)42-32(33(44)41-30)40-27(20-21-10-5-3-6-11-21)29(34(42)45)22-12-7-4-8-13-22/h3-19,33,44H,2,20H2,1H3,(H,39,43). The van der Waals surface area contributed by atoms with Gasteiger partial charge in [-0.25, -0.2) is 9.98 Å². The van der Waals surface area contributed by atoms with E-state index in [9.17, 15) is 23.1 Å². The molecule has 2 heterocycles. The van der Waals surface area contributed by atoms with E-state index in [-0.39, 0.29) is 39.8 Å². The van der Waals surface area contributed by atoms with Crippen molar-refractivity contribution in [2.75, 3.05) is 5.32 Å². The van der Waals surface area contributed by atoms with Crippen LogP contribution < -0.4 is 5.32 Å². The van der Waals surface area contributed by atoms with Gasteiger partial charge in [-0.3, -0.25) is 9.36 Å². The van der Waals surface area contributed by atoms with E-state index in [2.05, 4.69) is 10.3 Å². The van der Waals surface area contributed by atoms with Crippen molar-refractivity contribution in [3.8, 4) is 16.8 Å². The first-order chi connectivity index (χ1) is 21.7. The molecule has 45 heavy (non-hydrogen) atoms. The molecule has 0 fully saturated rings. The number of anilines is 1. The molecule has 4 aromatic carbocycles. The van der Waals surface area contributed by atoms with Gasteiger partial charge in [-0.15, -0.1) is 0 Å². The number of aliphatic imine (C=N–C) groups is 1. The summed E-state index contributed by atoms with van der Waals surface area (Å²) < 4.78 is 45.5. The van der Waals surface area contributed by atoms with Crippen molar-refractivity contribution >= 4 is 29.5 Å². The van der Waals surface area contributed by atoms with Crippen LogP contribution in [0.15, 0.2) is 108 Å². The molecule has 1 amide bonds. The van der Waals surface area contributed by atoms with Crippen LogP contribution in [0.4, 0.5) is 18.9 Å². The quantitative estimate of drug-likeness (QED) is 0.187. The Balaban J connectivity index is 1.64. The maximum atomic E-state index is 14.7. The van der Waals surface area contributed by atoms with Gasteiger partial charge in [0.15, 0.2) is 5.82 Å². The molecule has 6 nitrogen and oxygen atoms in total. The second-order valence-electron chi connectivity index (χ2n) is 10.5. The fourth-order valence-corrected chi connectivity index (χ4v) is 5.85. The van der Waals surface area contributed by atoms with Crippen molar-refractivity contribution in [1.29, 1.82) is 0 Å². The number of carbonyl (C=O) groups excluding carboxylic acids is 1. The van der Waals surface area contributed by atoms with Gasteiger partial charge >= 0.3 is 6.18 Å². The molecule has 0 radical (unpaired) electrons. The molecule has 1 aliphatic rings. The highest BCUT2D eigenvalue weighted by atomic mass is 32.1. The van der Waals surface area contributed by atoms with Crippen molar-refractivity contribution in [3.05, 3.63) is 142 Å². The predicted molar refractivity (Wildman–Crippen MR) is 170 cm³/mol. The number of aliphatic hydroxyl groups excluding tert-OH is 1. The van der Waals surface area contributed by atoms with E-state index in [1.54, 1.807) is 31.2 Å². The van der Waals surface area contributed by atoms with E-state index in [1.165, 1.54) is 16.7 Å². The van der Waals surface area contributed by atoms with E-state index < -0.39 is 18.0 Å².